The van der Waals surface area contributed by atoms with Crippen LogP contribution in [0.4, 0.5) is 5.82 Å². The van der Waals surface area contributed by atoms with Crippen molar-refractivity contribution < 1.29 is 0 Å². The molecule has 0 unspecified atom stereocenters. The van der Waals surface area contributed by atoms with Crippen molar-refractivity contribution in [3.05, 3.63) is 51.3 Å². The lowest BCUT2D eigenvalue weighted by Gasteiger charge is -2.13. The third kappa shape index (κ3) is 3.09. The van der Waals surface area contributed by atoms with E-state index in [4.69, 9.17) is 17.3 Å². The summed E-state index contributed by atoms with van der Waals surface area (Å²) in [6.07, 6.45) is 1.79. The SMILES string of the molecule is CCCCn1c(N)c(C#N)c(-c2ccc(Cl)cc2)cc1=O. The summed E-state index contributed by atoms with van der Waals surface area (Å²) in [5, 5.41) is 9.98. The van der Waals surface area contributed by atoms with Gasteiger partial charge in [-0.3, -0.25) is 9.36 Å². The van der Waals surface area contributed by atoms with Crippen LogP contribution in [-0.4, -0.2) is 4.57 Å². The van der Waals surface area contributed by atoms with E-state index in [1.807, 2.05) is 6.92 Å². The minimum absolute atomic E-state index is 0.190. The minimum Gasteiger partial charge on any atom is -0.384 e. The summed E-state index contributed by atoms with van der Waals surface area (Å²) >= 11 is 5.86. The van der Waals surface area contributed by atoms with E-state index in [0.29, 0.717) is 22.7 Å². The molecule has 0 atom stereocenters. The summed E-state index contributed by atoms with van der Waals surface area (Å²) < 4.78 is 1.46. The van der Waals surface area contributed by atoms with Gasteiger partial charge in [0.05, 0.1) is 0 Å². The highest BCUT2D eigenvalue weighted by atomic mass is 35.5. The van der Waals surface area contributed by atoms with E-state index in [2.05, 4.69) is 6.07 Å². The van der Waals surface area contributed by atoms with Crippen LogP contribution in [0.1, 0.15) is 25.3 Å². The van der Waals surface area contributed by atoms with E-state index < -0.39 is 0 Å². The molecule has 0 amide bonds. The van der Waals surface area contributed by atoms with E-state index in [1.165, 1.54) is 10.6 Å². The molecule has 0 aliphatic carbocycles. The van der Waals surface area contributed by atoms with Gasteiger partial charge in [0.1, 0.15) is 17.5 Å². The average Bonchev–Trinajstić information content (AvgIpc) is 2.47. The standard InChI is InChI=1S/C16H16ClN3O/c1-2-3-8-20-15(21)9-13(14(10-18)16(20)19)11-4-6-12(17)7-5-11/h4-7,9H,2-3,8,19H2,1H3. The lowest BCUT2D eigenvalue weighted by atomic mass is 10.0. The maximum absolute atomic E-state index is 12.2. The number of halogens is 1. The molecule has 5 heteroatoms. The number of nitriles is 1. The number of benzene rings is 1. The number of nitrogen functional groups attached to an aromatic ring is 1. The molecule has 2 rings (SSSR count). The number of rotatable bonds is 4. The maximum Gasteiger partial charge on any atom is 0.252 e. The van der Waals surface area contributed by atoms with E-state index in [0.717, 1.165) is 18.4 Å². The fraction of sp³-hybridized carbons (Fsp3) is 0.250. The van der Waals surface area contributed by atoms with Crippen molar-refractivity contribution in [3.63, 3.8) is 0 Å². The Labute approximate surface area is 128 Å². The quantitative estimate of drug-likeness (QED) is 0.940. The number of anilines is 1. The third-order valence-electron chi connectivity index (χ3n) is 3.35. The maximum atomic E-state index is 12.2. The fourth-order valence-electron chi connectivity index (χ4n) is 2.19. The number of nitrogens with zero attached hydrogens (tertiary/aromatic N) is 2. The van der Waals surface area contributed by atoms with Gasteiger partial charge < -0.3 is 5.73 Å². The van der Waals surface area contributed by atoms with Crippen molar-refractivity contribution in [1.29, 1.82) is 5.26 Å². The molecule has 4 nitrogen and oxygen atoms in total. The predicted molar refractivity (Wildman–Crippen MR) is 85.2 cm³/mol. The van der Waals surface area contributed by atoms with Crippen LogP contribution in [-0.2, 0) is 6.54 Å². The first kappa shape index (κ1) is 15.1. The topological polar surface area (TPSA) is 71.8 Å². The summed E-state index contributed by atoms with van der Waals surface area (Å²) in [5.41, 5.74) is 7.45. The Morgan fingerprint density at radius 2 is 2.00 bits per heavy atom. The smallest absolute Gasteiger partial charge is 0.252 e. The summed E-state index contributed by atoms with van der Waals surface area (Å²) in [4.78, 5) is 12.2. The lowest BCUT2D eigenvalue weighted by molar-refractivity contribution is 0.620. The van der Waals surface area contributed by atoms with Crippen LogP contribution in [0.25, 0.3) is 11.1 Å². The Balaban J connectivity index is 2.61. The van der Waals surface area contributed by atoms with E-state index >= 15 is 0 Å². The number of hydrogen-bond acceptors (Lipinski definition) is 3. The van der Waals surface area contributed by atoms with Crippen molar-refractivity contribution >= 4 is 17.4 Å². The van der Waals surface area contributed by atoms with Gasteiger partial charge >= 0.3 is 0 Å². The summed E-state index contributed by atoms with van der Waals surface area (Å²) in [7, 11) is 0. The minimum atomic E-state index is -0.190. The second-order valence-corrected chi connectivity index (χ2v) is 5.22. The summed E-state index contributed by atoms with van der Waals surface area (Å²) in [6.45, 7) is 2.56. The Bertz CT molecular complexity index is 742. The van der Waals surface area contributed by atoms with Gasteiger partial charge in [-0.2, -0.15) is 5.26 Å². The Kier molecular flexibility index (Phi) is 4.66. The summed E-state index contributed by atoms with van der Waals surface area (Å²) in [6, 6.07) is 10.6. The zero-order valence-corrected chi connectivity index (χ0v) is 12.5. The van der Waals surface area contributed by atoms with E-state index in [9.17, 15) is 10.1 Å². The molecule has 0 radical (unpaired) electrons. The molecule has 0 fully saturated rings. The van der Waals surface area contributed by atoms with Gasteiger partial charge in [-0.25, -0.2) is 0 Å². The van der Waals surface area contributed by atoms with E-state index in [-0.39, 0.29) is 11.4 Å². The molecule has 0 aliphatic rings. The highest BCUT2D eigenvalue weighted by Gasteiger charge is 2.14. The van der Waals surface area contributed by atoms with Crippen LogP contribution < -0.4 is 11.3 Å². The van der Waals surface area contributed by atoms with Crippen LogP contribution in [0, 0.1) is 11.3 Å². The van der Waals surface area contributed by atoms with Crippen molar-refractivity contribution in [2.75, 3.05) is 5.73 Å². The Hall–Kier alpha value is -2.25. The van der Waals surface area contributed by atoms with Crippen LogP contribution in [0.3, 0.4) is 0 Å². The zero-order valence-electron chi connectivity index (χ0n) is 11.8. The van der Waals surface area contributed by atoms with Gasteiger partial charge in [0, 0.05) is 23.2 Å². The number of hydrogen-bond donors (Lipinski definition) is 1. The highest BCUT2D eigenvalue weighted by Crippen LogP contribution is 2.27. The molecule has 0 spiro atoms. The normalized spacial score (nSPS) is 10.3. The number of nitrogens with two attached hydrogens (primary N) is 1. The molecule has 0 bridgehead atoms. The molecule has 0 saturated heterocycles. The van der Waals surface area contributed by atoms with Crippen molar-refractivity contribution in [2.45, 2.75) is 26.3 Å². The Morgan fingerprint density at radius 3 is 2.57 bits per heavy atom. The van der Waals surface area contributed by atoms with Crippen LogP contribution in [0.2, 0.25) is 5.02 Å². The van der Waals surface area contributed by atoms with Gasteiger partial charge in [-0.1, -0.05) is 37.1 Å². The van der Waals surface area contributed by atoms with Gasteiger partial charge in [-0.05, 0) is 24.1 Å². The first-order valence-corrected chi connectivity index (χ1v) is 7.15. The molecule has 108 valence electrons. The lowest BCUT2D eigenvalue weighted by Crippen LogP contribution is -2.24. The first-order valence-electron chi connectivity index (χ1n) is 6.77. The molecule has 0 saturated carbocycles. The monoisotopic (exact) mass is 301 g/mol. The number of aromatic nitrogens is 1. The zero-order chi connectivity index (χ0) is 15.4. The van der Waals surface area contributed by atoms with Crippen LogP contribution in [0.5, 0.6) is 0 Å². The predicted octanol–water partition coefficient (Wildman–Crippen LogP) is 3.42. The Morgan fingerprint density at radius 1 is 1.33 bits per heavy atom. The molecule has 1 aromatic heterocycles. The van der Waals surface area contributed by atoms with Gasteiger partial charge in [0.2, 0.25) is 0 Å². The molecule has 21 heavy (non-hydrogen) atoms. The number of pyridine rings is 1. The largest absolute Gasteiger partial charge is 0.384 e. The highest BCUT2D eigenvalue weighted by molar-refractivity contribution is 6.30. The molecule has 0 aliphatic heterocycles. The summed E-state index contributed by atoms with van der Waals surface area (Å²) in [5.74, 6) is 0.225. The van der Waals surface area contributed by atoms with Gasteiger partial charge in [0.25, 0.3) is 5.56 Å². The third-order valence-corrected chi connectivity index (χ3v) is 3.60. The molecule has 1 heterocycles. The van der Waals surface area contributed by atoms with Crippen molar-refractivity contribution in [2.24, 2.45) is 0 Å². The van der Waals surface area contributed by atoms with Crippen LogP contribution in [0.15, 0.2) is 35.1 Å². The second kappa shape index (κ2) is 6.47. The molecule has 1 aromatic carbocycles. The van der Waals surface area contributed by atoms with Gasteiger partial charge in [0.15, 0.2) is 0 Å². The average molecular weight is 302 g/mol. The molecular formula is C16H16ClN3O. The van der Waals surface area contributed by atoms with E-state index in [1.54, 1.807) is 24.3 Å². The fourth-order valence-corrected chi connectivity index (χ4v) is 2.31. The van der Waals surface area contributed by atoms with Crippen LogP contribution >= 0.6 is 11.6 Å². The van der Waals surface area contributed by atoms with Crippen molar-refractivity contribution in [1.82, 2.24) is 4.57 Å². The second-order valence-electron chi connectivity index (χ2n) is 4.78. The van der Waals surface area contributed by atoms with Gasteiger partial charge in [-0.15, -0.1) is 0 Å². The van der Waals surface area contributed by atoms with Crippen molar-refractivity contribution in [3.8, 4) is 17.2 Å². The first-order chi connectivity index (χ1) is 10.1. The molecule has 2 aromatic rings. The number of unbranched alkanes of at least 4 members (excludes halogenated alkanes) is 1. The molecule has 2 N–H and O–H groups in total. The molecular weight excluding hydrogens is 286 g/mol.